The Hall–Kier alpha value is -3.35. The quantitative estimate of drug-likeness (QED) is 0.349. The molecule has 1 amide bonds. The van der Waals surface area contributed by atoms with Gasteiger partial charge >= 0.3 is 0 Å². The molecule has 0 unspecified atom stereocenters. The minimum Gasteiger partial charge on any atom is -0.298 e. The summed E-state index contributed by atoms with van der Waals surface area (Å²) < 4.78 is 0. The molecule has 0 saturated carbocycles. The number of fused-ring (bicyclic) bond motifs is 1. The van der Waals surface area contributed by atoms with Gasteiger partial charge in [0.15, 0.2) is 5.13 Å². The van der Waals surface area contributed by atoms with Crippen molar-refractivity contribution in [1.82, 2.24) is 9.97 Å². The average Bonchev–Trinajstić information content (AvgIpc) is 3.45. The minimum absolute atomic E-state index is 0.185. The Morgan fingerprint density at radius 1 is 0.900 bits per heavy atom. The van der Waals surface area contributed by atoms with Crippen LogP contribution < -0.4 is 5.32 Å². The molecule has 5 aromatic rings. The van der Waals surface area contributed by atoms with Gasteiger partial charge in [0.05, 0.1) is 27.3 Å². The normalized spacial score (nSPS) is 11.0. The highest BCUT2D eigenvalue weighted by atomic mass is 32.1. The zero-order chi connectivity index (χ0) is 20.5. The van der Waals surface area contributed by atoms with Gasteiger partial charge in [-0.3, -0.25) is 10.1 Å². The highest BCUT2D eigenvalue weighted by molar-refractivity contribution is 7.16. The van der Waals surface area contributed by atoms with E-state index in [4.69, 9.17) is 4.98 Å². The molecule has 6 heteroatoms. The number of hydrogen-bond donors (Lipinski definition) is 1. The van der Waals surface area contributed by atoms with Crippen molar-refractivity contribution in [2.45, 2.75) is 6.92 Å². The third-order valence-corrected chi connectivity index (χ3v) is 6.53. The summed E-state index contributed by atoms with van der Waals surface area (Å²) in [5, 5.41) is 8.36. The van der Waals surface area contributed by atoms with E-state index in [2.05, 4.69) is 10.3 Å². The summed E-state index contributed by atoms with van der Waals surface area (Å²) >= 11 is 3.06. The van der Waals surface area contributed by atoms with E-state index >= 15 is 0 Å². The van der Waals surface area contributed by atoms with E-state index in [1.807, 2.05) is 84.4 Å². The molecule has 0 atom stereocenters. The number of aromatic nitrogens is 2. The van der Waals surface area contributed by atoms with Gasteiger partial charge in [-0.15, -0.1) is 22.7 Å². The first-order valence-electron chi connectivity index (χ1n) is 9.45. The number of nitrogens with zero attached hydrogens (tertiary/aromatic N) is 2. The van der Waals surface area contributed by atoms with Crippen molar-refractivity contribution in [3.05, 3.63) is 88.6 Å². The molecule has 30 heavy (non-hydrogen) atoms. The summed E-state index contributed by atoms with van der Waals surface area (Å²) in [6, 6.07) is 21.7. The third-order valence-electron chi connectivity index (χ3n) is 4.88. The van der Waals surface area contributed by atoms with Crippen LogP contribution in [0.25, 0.3) is 32.7 Å². The summed E-state index contributed by atoms with van der Waals surface area (Å²) in [6.45, 7) is 2.05. The maximum Gasteiger partial charge on any atom is 0.258 e. The van der Waals surface area contributed by atoms with Gasteiger partial charge in [0, 0.05) is 16.3 Å². The van der Waals surface area contributed by atoms with Crippen molar-refractivity contribution in [1.29, 1.82) is 0 Å². The number of anilines is 1. The maximum absolute atomic E-state index is 13.2. The Labute approximate surface area is 181 Å². The van der Waals surface area contributed by atoms with Crippen molar-refractivity contribution in [2.75, 3.05) is 5.32 Å². The van der Waals surface area contributed by atoms with Gasteiger partial charge < -0.3 is 0 Å². The molecule has 5 rings (SSSR count). The van der Waals surface area contributed by atoms with Crippen molar-refractivity contribution < 1.29 is 4.79 Å². The van der Waals surface area contributed by atoms with Gasteiger partial charge in [0.2, 0.25) is 0 Å². The lowest BCUT2D eigenvalue weighted by Crippen LogP contribution is -2.13. The molecule has 2 aromatic carbocycles. The van der Waals surface area contributed by atoms with E-state index < -0.39 is 0 Å². The van der Waals surface area contributed by atoms with Gasteiger partial charge in [-0.1, -0.05) is 48.5 Å². The Morgan fingerprint density at radius 3 is 2.57 bits per heavy atom. The topological polar surface area (TPSA) is 54.9 Å². The fourth-order valence-electron chi connectivity index (χ4n) is 3.39. The Bertz CT molecular complexity index is 1360. The summed E-state index contributed by atoms with van der Waals surface area (Å²) in [5.41, 5.74) is 5.19. The number of amides is 1. The third kappa shape index (κ3) is 3.51. The SMILES string of the molecule is Cc1ccccc1-c1cc(C(=O)Nc2nc(-c3cccs3)cs2)c2ccccc2n1. The van der Waals surface area contributed by atoms with E-state index in [1.54, 1.807) is 11.3 Å². The molecule has 1 N–H and O–H groups in total. The molecule has 0 bridgehead atoms. The molecule has 0 saturated heterocycles. The molecule has 4 nitrogen and oxygen atoms in total. The molecule has 0 aliphatic rings. The van der Waals surface area contributed by atoms with Gasteiger partial charge in [-0.05, 0) is 36.1 Å². The van der Waals surface area contributed by atoms with E-state index in [1.165, 1.54) is 11.3 Å². The van der Waals surface area contributed by atoms with Crippen molar-refractivity contribution in [3.63, 3.8) is 0 Å². The van der Waals surface area contributed by atoms with Crippen LogP contribution >= 0.6 is 22.7 Å². The molecule has 0 radical (unpaired) electrons. The molecule has 0 fully saturated rings. The number of thiophene rings is 1. The van der Waals surface area contributed by atoms with E-state index in [0.29, 0.717) is 10.7 Å². The van der Waals surface area contributed by atoms with Gasteiger partial charge in [0.1, 0.15) is 0 Å². The number of rotatable bonds is 4. The van der Waals surface area contributed by atoms with Crippen LogP contribution in [0.5, 0.6) is 0 Å². The predicted molar refractivity (Wildman–Crippen MR) is 125 cm³/mol. The number of aryl methyl sites for hydroxylation is 1. The van der Waals surface area contributed by atoms with Crippen LogP contribution in [-0.2, 0) is 0 Å². The smallest absolute Gasteiger partial charge is 0.258 e. The number of hydrogen-bond acceptors (Lipinski definition) is 5. The molecule has 3 heterocycles. The standard InChI is InChI=1S/C24H17N3OS2/c1-15-7-2-3-8-16(15)20-13-18(17-9-4-5-10-19(17)25-20)23(28)27-24-26-21(14-30-24)22-11-6-12-29-22/h2-14H,1H3,(H,26,27,28). The van der Waals surface area contributed by atoms with Gasteiger partial charge in [-0.2, -0.15) is 0 Å². The lowest BCUT2D eigenvalue weighted by Gasteiger charge is -2.11. The zero-order valence-corrected chi connectivity index (χ0v) is 17.8. The molecule has 3 aromatic heterocycles. The van der Waals surface area contributed by atoms with Crippen molar-refractivity contribution in [2.24, 2.45) is 0 Å². The van der Waals surface area contributed by atoms with Gasteiger partial charge in [0.25, 0.3) is 5.91 Å². The molecular formula is C24H17N3OS2. The summed E-state index contributed by atoms with van der Waals surface area (Å²) in [4.78, 5) is 23.7. The molecule has 0 spiro atoms. The fraction of sp³-hybridized carbons (Fsp3) is 0.0417. The van der Waals surface area contributed by atoms with Crippen LogP contribution in [0.4, 0.5) is 5.13 Å². The van der Waals surface area contributed by atoms with Crippen LogP contribution in [0.2, 0.25) is 0 Å². The summed E-state index contributed by atoms with van der Waals surface area (Å²) in [5.74, 6) is -0.185. The number of nitrogens with one attached hydrogen (secondary N) is 1. The highest BCUT2D eigenvalue weighted by Gasteiger charge is 2.16. The maximum atomic E-state index is 13.2. The lowest BCUT2D eigenvalue weighted by atomic mass is 10.0. The highest BCUT2D eigenvalue weighted by Crippen LogP contribution is 2.30. The summed E-state index contributed by atoms with van der Waals surface area (Å²) in [7, 11) is 0. The van der Waals surface area contributed by atoms with Crippen LogP contribution in [0.1, 0.15) is 15.9 Å². The Morgan fingerprint density at radius 2 is 1.73 bits per heavy atom. The second-order valence-corrected chi connectivity index (χ2v) is 8.66. The van der Waals surface area contributed by atoms with Crippen LogP contribution in [0.15, 0.2) is 77.5 Å². The monoisotopic (exact) mass is 427 g/mol. The first-order valence-corrected chi connectivity index (χ1v) is 11.2. The van der Waals surface area contributed by atoms with Gasteiger partial charge in [-0.25, -0.2) is 9.97 Å². The number of thiazole rings is 1. The average molecular weight is 428 g/mol. The van der Waals surface area contributed by atoms with Crippen LogP contribution in [-0.4, -0.2) is 15.9 Å². The van der Waals surface area contributed by atoms with E-state index in [-0.39, 0.29) is 5.91 Å². The van der Waals surface area contributed by atoms with E-state index in [0.717, 1.165) is 38.3 Å². The second-order valence-electron chi connectivity index (χ2n) is 6.86. The lowest BCUT2D eigenvalue weighted by molar-refractivity contribution is 0.102. The predicted octanol–water partition coefficient (Wildman–Crippen LogP) is 6.65. The zero-order valence-electron chi connectivity index (χ0n) is 16.1. The number of carbonyl (C=O) groups is 1. The first kappa shape index (κ1) is 18.7. The van der Waals surface area contributed by atoms with E-state index in [9.17, 15) is 4.79 Å². The number of para-hydroxylation sites is 1. The second kappa shape index (κ2) is 7.82. The molecule has 0 aliphatic heterocycles. The largest absolute Gasteiger partial charge is 0.298 e. The summed E-state index contributed by atoms with van der Waals surface area (Å²) in [6.07, 6.45) is 0. The number of carbonyl (C=O) groups excluding carboxylic acids is 1. The van der Waals surface area contributed by atoms with Crippen molar-refractivity contribution in [3.8, 4) is 21.8 Å². The molecule has 0 aliphatic carbocycles. The van der Waals surface area contributed by atoms with Crippen LogP contribution in [0.3, 0.4) is 0 Å². The fourth-order valence-corrected chi connectivity index (χ4v) is 4.86. The van der Waals surface area contributed by atoms with Crippen molar-refractivity contribution >= 4 is 44.6 Å². The number of pyridine rings is 1. The Kier molecular flexibility index (Phi) is 4.86. The van der Waals surface area contributed by atoms with Crippen LogP contribution in [0, 0.1) is 6.92 Å². The number of benzene rings is 2. The first-order chi connectivity index (χ1) is 14.7. The molecule has 146 valence electrons. The minimum atomic E-state index is -0.185. The molecular weight excluding hydrogens is 410 g/mol. The Balaban J connectivity index is 1.54.